The lowest BCUT2D eigenvalue weighted by Crippen LogP contribution is -2.25. The van der Waals surface area contributed by atoms with Gasteiger partial charge < -0.3 is 10.1 Å². The molecule has 0 saturated heterocycles. The minimum absolute atomic E-state index is 0.128. The minimum atomic E-state index is -3.53. The lowest BCUT2D eigenvalue weighted by molar-refractivity contribution is 0.277. The molecule has 7 heteroatoms. The highest BCUT2D eigenvalue weighted by Crippen LogP contribution is 2.10. The summed E-state index contributed by atoms with van der Waals surface area (Å²) < 4.78 is 26.4. The van der Waals surface area contributed by atoms with Gasteiger partial charge in [-0.05, 0) is 24.1 Å². The second-order valence-corrected chi connectivity index (χ2v) is 5.79. The van der Waals surface area contributed by atoms with E-state index in [9.17, 15) is 8.42 Å². The maximum Gasteiger partial charge on any atom is 0.242 e. The van der Waals surface area contributed by atoms with Gasteiger partial charge >= 0.3 is 0 Å². The summed E-state index contributed by atoms with van der Waals surface area (Å²) in [7, 11) is -3.53. The Morgan fingerprint density at radius 2 is 2.26 bits per heavy atom. The number of pyridine rings is 1. The zero-order chi connectivity index (χ0) is 13.7. The van der Waals surface area contributed by atoms with Crippen molar-refractivity contribution in [1.82, 2.24) is 14.7 Å². The standard InChI is InChI=1S/C12H15N3O3S/c16-9-11-6-12(8-14-11)19(17,18)15-5-3-10-2-1-4-13-7-10/h1-2,4,6-8,14-16H,3,5,9H2. The molecule has 0 saturated carbocycles. The lowest BCUT2D eigenvalue weighted by Gasteiger charge is -2.04. The first kappa shape index (κ1) is 13.7. The molecule has 102 valence electrons. The molecule has 0 bridgehead atoms. The number of aromatic nitrogens is 2. The van der Waals surface area contributed by atoms with Crippen molar-refractivity contribution in [3.63, 3.8) is 0 Å². The summed E-state index contributed by atoms with van der Waals surface area (Å²) in [4.78, 5) is 6.78. The number of sulfonamides is 1. The second-order valence-electron chi connectivity index (χ2n) is 4.03. The monoisotopic (exact) mass is 281 g/mol. The number of rotatable bonds is 6. The van der Waals surface area contributed by atoms with Gasteiger partial charge in [-0.3, -0.25) is 4.98 Å². The number of aliphatic hydroxyl groups is 1. The first-order chi connectivity index (χ1) is 9.12. The fourth-order valence-corrected chi connectivity index (χ4v) is 2.67. The molecule has 3 N–H and O–H groups in total. The summed E-state index contributed by atoms with van der Waals surface area (Å²) >= 11 is 0. The maximum absolute atomic E-state index is 11.9. The Kier molecular flexibility index (Phi) is 4.31. The Morgan fingerprint density at radius 1 is 1.42 bits per heavy atom. The van der Waals surface area contributed by atoms with Gasteiger partial charge in [0.1, 0.15) is 0 Å². The fraction of sp³-hybridized carbons (Fsp3) is 0.250. The molecule has 2 aromatic rings. The van der Waals surface area contributed by atoms with E-state index >= 15 is 0 Å². The van der Waals surface area contributed by atoms with Crippen LogP contribution in [-0.2, 0) is 23.1 Å². The molecule has 0 aliphatic heterocycles. The van der Waals surface area contributed by atoms with Gasteiger partial charge in [-0.1, -0.05) is 6.07 Å². The summed E-state index contributed by atoms with van der Waals surface area (Å²) in [5.41, 5.74) is 1.43. The molecule has 6 nitrogen and oxygen atoms in total. The first-order valence-electron chi connectivity index (χ1n) is 5.78. The van der Waals surface area contributed by atoms with Crippen LogP contribution in [0.4, 0.5) is 0 Å². The van der Waals surface area contributed by atoms with Crippen LogP contribution in [0.25, 0.3) is 0 Å². The van der Waals surface area contributed by atoms with E-state index in [1.807, 2.05) is 12.1 Å². The third-order valence-corrected chi connectivity index (χ3v) is 4.07. The zero-order valence-electron chi connectivity index (χ0n) is 10.2. The molecule has 0 atom stereocenters. The van der Waals surface area contributed by atoms with Crippen molar-refractivity contribution >= 4 is 10.0 Å². The van der Waals surface area contributed by atoms with E-state index in [-0.39, 0.29) is 11.5 Å². The van der Waals surface area contributed by atoms with Gasteiger partial charge in [0, 0.05) is 30.8 Å². The van der Waals surface area contributed by atoms with E-state index in [1.54, 1.807) is 12.4 Å². The van der Waals surface area contributed by atoms with E-state index in [2.05, 4.69) is 14.7 Å². The van der Waals surface area contributed by atoms with E-state index in [4.69, 9.17) is 5.11 Å². The van der Waals surface area contributed by atoms with Crippen LogP contribution in [0.2, 0.25) is 0 Å². The third kappa shape index (κ3) is 3.63. The zero-order valence-corrected chi connectivity index (χ0v) is 11.0. The van der Waals surface area contributed by atoms with Gasteiger partial charge in [0.2, 0.25) is 10.0 Å². The fourth-order valence-electron chi connectivity index (χ4n) is 1.62. The van der Waals surface area contributed by atoms with Crippen molar-refractivity contribution < 1.29 is 13.5 Å². The second kappa shape index (κ2) is 5.96. The molecule has 19 heavy (non-hydrogen) atoms. The van der Waals surface area contributed by atoms with Crippen LogP contribution in [0.15, 0.2) is 41.7 Å². The smallest absolute Gasteiger partial charge is 0.242 e. The molecule has 0 aliphatic rings. The van der Waals surface area contributed by atoms with Crippen LogP contribution in [-0.4, -0.2) is 30.0 Å². The van der Waals surface area contributed by atoms with Crippen molar-refractivity contribution in [2.45, 2.75) is 17.9 Å². The molecule has 0 spiro atoms. The van der Waals surface area contributed by atoms with Gasteiger partial charge in [0.25, 0.3) is 0 Å². The van der Waals surface area contributed by atoms with Crippen LogP contribution in [0, 0.1) is 0 Å². The molecule has 2 rings (SSSR count). The van der Waals surface area contributed by atoms with E-state index in [1.165, 1.54) is 12.3 Å². The molecule has 0 aliphatic carbocycles. The summed E-state index contributed by atoms with van der Waals surface area (Å²) in [6.07, 6.45) is 5.31. The van der Waals surface area contributed by atoms with Gasteiger partial charge in [-0.2, -0.15) is 0 Å². The van der Waals surface area contributed by atoms with Gasteiger partial charge in [0.15, 0.2) is 0 Å². The first-order valence-corrected chi connectivity index (χ1v) is 7.27. The number of H-pyrrole nitrogens is 1. The van der Waals surface area contributed by atoms with E-state index in [0.29, 0.717) is 18.7 Å². The number of aliphatic hydroxyl groups excluding tert-OH is 1. The number of aromatic amines is 1. The highest BCUT2D eigenvalue weighted by Gasteiger charge is 2.15. The van der Waals surface area contributed by atoms with Crippen molar-refractivity contribution in [3.8, 4) is 0 Å². The van der Waals surface area contributed by atoms with Crippen molar-refractivity contribution in [2.75, 3.05) is 6.54 Å². The summed E-state index contributed by atoms with van der Waals surface area (Å²) in [5.74, 6) is 0. The molecule has 0 fully saturated rings. The van der Waals surface area contributed by atoms with Crippen LogP contribution in [0.1, 0.15) is 11.3 Å². The highest BCUT2D eigenvalue weighted by atomic mass is 32.2. The van der Waals surface area contributed by atoms with Gasteiger partial charge in [-0.15, -0.1) is 0 Å². The topological polar surface area (TPSA) is 95.1 Å². The average molecular weight is 281 g/mol. The van der Waals surface area contributed by atoms with Gasteiger partial charge in [0.05, 0.1) is 11.5 Å². The number of nitrogens with one attached hydrogen (secondary N) is 2. The molecular weight excluding hydrogens is 266 g/mol. The van der Waals surface area contributed by atoms with E-state index < -0.39 is 10.0 Å². The van der Waals surface area contributed by atoms with Crippen molar-refractivity contribution in [2.24, 2.45) is 0 Å². The molecule has 2 aromatic heterocycles. The third-order valence-electron chi connectivity index (χ3n) is 2.63. The Labute approximate surface area is 111 Å². The lowest BCUT2D eigenvalue weighted by atomic mass is 10.2. The van der Waals surface area contributed by atoms with E-state index in [0.717, 1.165) is 5.56 Å². The molecule has 0 unspecified atom stereocenters. The maximum atomic E-state index is 11.9. The number of hydrogen-bond donors (Lipinski definition) is 3. The predicted molar refractivity (Wildman–Crippen MR) is 69.8 cm³/mol. The summed E-state index contributed by atoms with van der Waals surface area (Å²) in [6, 6.07) is 5.11. The van der Waals surface area contributed by atoms with Gasteiger partial charge in [-0.25, -0.2) is 13.1 Å². The number of hydrogen-bond acceptors (Lipinski definition) is 4. The SMILES string of the molecule is O=S(=O)(NCCc1cccnc1)c1c[nH]c(CO)c1. The molecular formula is C12H15N3O3S. The molecule has 0 aromatic carbocycles. The Balaban J connectivity index is 1.94. The Morgan fingerprint density at radius 3 is 2.89 bits per heavy atom. The highest BCUT2D eigenvalue weighted by molar-refractivity contribution is 7.89. The summed E-state index contributed by atoms with van der Waals surface area (Å²) in [6.45, 7) is 0.0822. The minimum Gasteiger partial charge on any atom is -0.390 e. The largest absolute Gasteiger partial charge is 0.390 e. The molecule has 2 heterocycles. The normalized spacial score (nSPS) is 11.6. The molecule has 0 radical (unpaired) electrons. The predicted octanol–water partition coefficient (Wildman–Crippen LogP) is 0.423. The number of nitrogens with zero attached hydrogens (tertiary/aromatic N) is 1. The van der Waals surface area contributed by atoms with Crippen LogP contribution < -0.4 is 4.72 Å². The van der Waals surface area contributed by atoms with Crippen molar-refractivity contribution in [3.05, 3.63) is 48.0 Å². The van der Waals surface area contributed by atoms with Crippen LogP contribution >= 0.6 is 0 Å². The quantitative estimate of drug-likeness (QED) is 0.715. The van der Waals surface area contributed by atoms with Crippen molar-refractivity contribution in [1.29, 1.82) is 0 Å². The molecule has 0 amide bonds. The van der Waals surface area contributed by atoms with Crippen LogP contribution in [0.3, 0.4) is 0 Å². The Hall–Kier alpha value is -1.70. The summed E-state index contributed by atoms with van der Waals surface area (Å²) in [5, 5.41) is 8.89. The Bertz CT molecular complexity index is 623. The average Bonchev–Trinajstić information content (AvgIpc) is 2.89. The van der Waals surface area contributed by atoms with Crippen LogP contribution in [0.5, 0.6) is 0 Å².